The summed E-state index contributed by atoms with van der Waals surface area (Å²) in [5, 5.41) is 0.206. The Balaban J connectivity index is 3.34. The van der Waals surface area contributed by atoms with E-state index in [-0.39, 0.29) is 5.30 Å². The minimum atomic E-state index is -4.15. The van der Waals surface area contributed by atoms with E-state index in [1.54, 1.807) is 18.2 Å². The summed E-state index contributed by atoms with van der Waals surface area (Å²) in [6.45, 7) is 1.13. The summed E-state index contributed by atoms with van der Waals surface area (Å²) in [5.41, 5.74) is 0. The van der Waals surface area contributed by atoms with Crippen LogP contribution in [-0.4, -0.2) is 25.5 Å². The smallest absolute Gasteiger partial charge is 0.293 e. The quantitative estimate of drug-likeness (QED) is 0.623. The number of rotatable bonds is 4. The van der Waals surface area contributed by atoms with Crippen LogP contribution in [0, 0.1) is 0 Å². The molecule has 0 radical (unpaired) electrons. The van der Waals surface area contributed by atoms with Crippen molar-refractivity contribution < 1.29 is 17.2 Å². The van der Waals surface area contributed by atoms with E-state index in [9.17, 15) is 17.2 Å². The Bertz CT molecular complexity index is 538. The molecule has 0 fully saturated rings. The van der Waals surface area contributed by atoms with Crippen molar-refractivity contribution in [3.63, 3.8) is 0 Å². The molecule has 0 saturated heterocycles. The molecular formula is C8H11O4PS3. The van der Waals surface area contributed by atoms with Gasteiger partial charge in [0, 0.05) is 12.0 Å². The second-order valence-electron chi connectivity index (χ2n) is 2.98. The van der Waals surface area contributed by atoms with E-state index in [0.717, 1.165) is 6.66 Å². The molecule has 0 aliphatic heterocycles. The highest BCUT2D eigenvalue weighted by Crippen LogP contribution is 2.50. The third-order valence-corrected chi connectivity index (χ3v) is 17.2. The van der Waals surface area contributed by atoms with Crippen molar-refractivity contribution >= 4 is 39.8 Å². The molecule has 16 heavy (non-hydrogen) atoms. The molecule has 1 rings (SSSR count). The largest absolute Gasteiger partial charge is 0.301 e. The lowest BCUT2D eigenvalue weighted by Crippen LogP contribution is -2.14. The van der Waals surface area contributed by atoms with Gasteiger partial charge in [0.1, 0.15) is 0 Å². The van der Waals surface area contributed by atoms with Crippen LogP contribution in [0.1, 0.15) is 0 Å². The summed E-state index contributed by atoms with van der Waals surface area (Å²) < 4.78 is 47.2. The molecule has 0 aliphatic carbocycles. The number of hydrogen-bond acceptors (Lipinski definition) is 5. The molecule has 1 aromatic carbocycles. The van der Waals surface area contributed by atoms with Crippen LogP contribution in [0.5, 0.6) is 0 Å². The van der Waals surface area contributed by atoms with Crippen molar-refractivity contribution in [3.05, 3.63) is 30.3 Å². The maximum absolute atomic E-state index is 12.2. The first kappa shape index (κ1) is 14.0. The molecule has 1 aromatic rings. The van der Waals surface area contributed by atoms with Gasteiger partial charge in [0.25, 0.3) is 8.49 Å². The first-order valence-corrected chi connectivity index (χ1v) is 11.8. The molecule has 2 atom stereocenters. The molecule has 8 heteroatoms. The van der Waals surface area contributed by atoms with Crippen LogP contribution in [0.15, 0.2) is 30.3 Å². The van der Waals surface area contributed by atoms with Gasteiger partial charge in [-0.3, -0.25) is 0 Å². The fraction of sp³-hybridized carbons (Fsp3) is 0.250. The monoisotopic (exact) mass is 298 g/mol. The second kappa shape index (κ2) is 5.04. The molecule has 0 N–H and O–H groups in total. The Morgan fingerprint density at radius 1 is 1.25 bits per heavy atom. The summed E-state index contributed by atoms with van der Waals surface area (Å²) in [7, 11) is -5.67. The zero-order valence-electron chi connectivity index (χ0n) is 8.69. The highest BCUT2D eigenvalue weighted by Gasteiger charge is 2.39. The van der Waals surface area contributed by atoms with Crippen LogP contribution in [0.3, 0.4) is 0 Å². The maximum atomic E-state index is 12.2. The van der Waals surface area contributed by atoms with E-state index in [1.165, 1.54) is 18.4 Å². The van der Waals surface area contributed by atoms with Crippen molar-refractivity contribution in [2.75, 3.05) is 12.9 Å². The molecule has 4 nitrogen and oxygen atoms in total. The molecule has 0 saturated carbocycles. The lowest BCUT2D eigenvalue weighted by molar-refractivity contribution is 0.582. The van der Waals surface area contributed by atoms with Crippen molar-refractivity contribution in [2.24, 2.45) is 0 Å². The molecule has 0 aromatic heterocycles. The average molecular weight is 298 g/mol. The zero-order valence-corrected chi connectivity index (χ0v) is 12.0. The molecule has 0 spiro atoms. The van der Waals surface area contributed by atoms with Gasteiger partial charge in [0.15, 0.2) is 0 Å². The molecule has 0 heterocycles. The van der Waals surface area contributed by atoms with Gasteiger partial charge in [0.05, 0.1) is 0 Å². The summed E-state index contributed by atoms with van der Waals surface area (Å²) >= 11 is 0. The van der Waals surface area contributed by atoms with E-state index in [2.05, 4.69) is 0 Å². The van der Waals surface area contributed by atoms with Crippen molar-refractivity contribution in [1.82, 2.24) is 0 Å². The minimum absolute atomic E-state index is 0.206. The van der Waals surface area contributed by atoms with E-state index in [1.807, 2.05) is 0 Å². The fourth-order valence-corrected chi connectivity index (χ4v) is 14.0. The van der Waals surface area contributed by atoms with Gasteiger partial charge in [-0.25, -0.2) is 12.6 Å². The standard InChI is InChI=1S/C8H11O4PS3/c1-13(9,8-6-4-3-5-7-8)16(11,12)15(10)14-2/h3-7H,1-2H3. The van der Waals surface area contributed by atoms with E-state index < -0.39 is 23.7 Å². The van der Waals surface area contributed by atoms with Crippen molar-refractivity contribution in [3.8, 4) is 0 Å². The van der Waals surface area contributed by atoms with Crippen LogP contribution >= 0.6 is 17.1 Å². The fourth-order valence-electron chi connectivity index (χ4n) is 1.03. The maximum Gasteiger partial charge on any atom is 0.293 e. The minimum Gasteiger partial charge on any atom is -0.301 e. The molecule has 0 bridgehead atoms. The van der Waals surface area contributed by atoms with Gasteiger partial charge >= 0.3 is 0 Å². The first-order valence-electron chi connectivity index (χ1n) is 4.19. The molecule has 2 unspecified atom stereocenters. The summed E-state index contributed by atoms with van der Waals surface area (Å²) in [4.78, 5) is 0. The van der Waals surface area contributed by atoms with Crippen LogP contribution in [0.4, 0.5) is 0 Å². The Morgan fingerprint density at radius 2 is 1.75 bits per heavy atom. The predicted octanol–water partition coefficient (Wildman–Crippen LogP) is 1.58. The predicted molar refractivity (Wildman–Crippen MR) is 70.2 cm³/mol. The summed E-state index contributed by atoms with van der Waals surface area (Å²) in [5.74, 6) is 0. The van der Waals surface area contributed by atoms with Gasteiger partial charge in [-0.05, 0) is 17.0 Å². The molecule has 0 amide bonds. The molecule has 0 aliphatic rings. The van der Waals surface area contributed by atoms with Crippen molar-refractivity contribution in [1.29, 1.82) is 0 Å². The number of hydrogen-bond donors (Lipinski definition) is 0. The third-order valence-electron chi connectivity index (χ3n) is 1.96. The van der Waals surface area contributed by atoms with Crippen LogP contribution in [-0.2, 0) is 21.9 Å². The van der Waals surface area contributed by atoms with Gasteiger partial charge < -0.3 is 4.57 Å². The third kappa shape index (κ3) is 2.42. The second-order valence-corrected chi connectivity index (χ2v) is 15.8. The Labute approximate surface area is 100 Å². The molecular weight excluding hydrogens is 287 g/mol. The van der Waals surface area contributed by atoms with E-state index >= 15 is 0 Å². The first-order chi connectivity index (χ1) is 7.34. The van der Waals surface area contributed by atoms with Crippen LogP contribution in [0.2, 0.25) is 0 Å². The zero-order chi connectivity index (χ0) is 12.4. The Morgan fingerprint density at radius 3 is 2.19 bits per heavy atom. The molecule has 90 valence electrons. The SMILES string of the molecule is CSS(=O)S(=O)(=O)P(C)(=O)c1ccccc1. The number of benzene rings is 1. The lowest BCUT2D eigenvalue weighted by atomic mass is 10.4. The topological polar surface area (TPSA) is 68.3 Å². The van der Waals surface area contributed by atoms with Crippen LogP contribution in [0.25, 0.3) is 0 Å². The van der Waals surface area contributed by atoms with Gasteiger partial charge in [-0.1, -0.05) is 30.3 Å². The lowest BCUT2D eigenvalue weighted by Gasteiger charge is -2.12. The van der Waals surface area contributed by atoms with Gasteiger partial charge in [-0.15, -0.1) is 0 Å². The summed E-state index contributed by atoms with van der Waals surface area (Å²) in [6.07, 6.45) is -2.27. The van der Waals surface area contributed by atoms with Crippen molar-refractivity contribution in [2.45, 2.75) is 0 Å². The van der Waals surface area contributed by atoms with E-state index in [0.29, 0.717) is 10.8 Å². The van der Waals surface area contributed by atoms with E-state index in [4.69, 9.17) is 0 Å². The van der Waals surface area contributed by atoms with Crippen LogP contribution < -0.4 is 5.30 Å². The summed E-state index contributed by atoms with van der Waals surface area (Å²) in [6, 6.07) is 7.83. The normalized spacial score (nSPS) is 17.6. The Kier molecular flexibility index (Phi) is 4.40. The van der Waals surface area contributed by atoms with Gasteiger partial charge in [-0.2, -0.15) is 0 Å². The highest BCUT2D eigenvalue weighted by molar-refractivity contribution is 9.11. The van der Waals surface area contributed by atoms with Gasteiger partial charge in [0.2, 0.25) is 15.2 Å². The highest BCUT2D eigenvalue weighted by atomic mass is 33.6. The average Bonchev–Trinajstić information content (AvgIpc) is 2.28. The Hall–Kier alpha value is -0.100.